The van der Waals surface area contributed by atoms with E-state index >= 15 is 0 Å². The molecule has 0 aliphatic heterocycles. The number of hydrogen-bond acceptors (Lipinski definition) is 4. The first kappa shape index (κ1) is 23.3. The van der Waals surface area contributed by atoms with Crippen LogP contribution in [0.2, 0.25) is 0 Å². The molecule has 0 bridgehead atoms. The zero-order valence-electron chi connectivity index (χ0n) is 14.7. The number of unbranched alkanes of at least 4 members (excludes halogenated alkanes) is 8. The van der Waals surface area contributed by atoms with E-state index in [4.69, 9.17) is 14.2 Å². The van der Waals surface area contributed by atoms with Crippen molar-refractivity contribution in [2.75, 3.05) is 33.7 Å². The molecule has 0 aliphatic rings. The number of carbonyl (C=O) groups excluding carboxylic acids is 1. The molecule has 0 aromatic rings. The Labute approximate surface area is 143 Å². The van der Waals surface area contributed by atoms with Gasteiger partial charge in [0.25, 0.3) is 0 Å². The fourth-order valence-corrected chi connectivity index (χ4v) is 2.19. The Morgan fingerprint density at radius 2 is 1.25 bits per heavy atom. The number of methoxy groups -OCH3 is 1. The summed E-state index contributed by atoms with van der Waals surface area (Å²) >= 11 is 0. The third kappa shape index (κ3) is 16.2. The van der Waals surface area contributed by atoms with Gasteiger partial charge in [0.05, 0.1) is 13.2 Å². The number of ketones is 1. The lowest BCUT2D eigenvalue weighted by Crippen LogP contribution is -2.22. The summed E-state index contributed by atoms with van der Waals surface area (Å²) in [6.07, 6.45) is 3.38. The van der Waals surface area contributed by atoms with Crippen molar-refractivity contribution in [2.45, 2.75) is 70.4 Å². The molecule has 0 aromatic carbocycles. The van der Waals surface area contributed by atoms with Gasteiger partial charge in [-0.25, -0.2) is 0 Å². The minimum absolute atomic E-state index is 0.306. The Balaban J connectivity index is 3.12. The minimum Gasteiger partial charge on any atom is -0.382 e. The Hall–Kier alpha value is -0.660. The summed E-state index contributed by atoms with van der Waals surface area (Å²) in [5, 5.41) is 0. The maximum absolute atomic E-state index is 12.0. The molecule has 0 radical (unpaired) electrons. The molecular weight excluding hydrogens is 325 g/mol. The van der Waals surface area contributed by atoms with E-state index in [1.54, 1.807) is 7.11 Å². The van der Waals surface area contributed by atoms with E-state index in [0.717, 1.165) is 44.9 Å². The smallest absolute Gasteiger partial charge is 0.382 e. The van der Waals surface area contributed by atoms with Crippen LogP contribution >= 0.6 is 0 Å². The standard InChI is InChI=1S/C17H31F3O4/c1-22-13-14-24-15-23-12-10-8-6-4-2-3-5-7-9-11-16(21)17(18,19)20/h2-15H2,1H3. The second kappa shape index (κ2) is 15.8. The lowest BCUT2D eigenvalue weighted by Gasteiger charge is -2.06. The van der Waals surface area contributed by atoms with E-state index in [9.17, 15) is 18.0 Å². The molecule has 0 rings (SSSR count). The Morgan fingerprint density at radius 3 is 1.79 bits per heavy atom. The van der Waals surface area contributed by atoms with Crippen LogP contribution < -0.4 is 0 Å². The first-order chi connectivity index (χ1) is 11.5. The van der Waals surface area contributed by atoms with Crippen molar-refractivity contribution >= 4 is 5.78 Å². The molecule has 0 heterocycles. The van der Waals surface area contributed by atoms with Crippen molar-refractivity contribution in [3.63, 3.8) is 0 Å². The van der Waals surface area contributed by atoms with Crippen molar-refractivity contribution in [1.29, 1.82) is 0 Å². The topological polar surface area (TPSA) is 44.8 Å². The summed E-state index contributed by atoms with van der Waals surface area (Å²) in [7, 11) is 1.62. The summed E-state index contributed by atoms with van der Waals surface area (Å²) < 4.78 is 51.2. The summed E-state index contributed by atoms with van der Waals surface area (Å²) in [5.74, 6) is -1.60. The van der Waals surface area contributed by atoms with Gasteiger partial charge in [-0.05, 0) is 12.8 Å². The normalized spacial score (nSPS) is 11.8. The van der Waals surface area contributed by atoms with E-state index < -0.39 is 12.0 Å². The molecule has 0 amide bonds. The van der Waals surface area contributed by atoms with Gasteiger partial charge >= 0.3 is 6.18 Å². The predicted octanol–water partition coefficient (Wildman–Crippen LogP) is 4.66. The molecule has 0 spiro atoms. The highest BCUT2D eigenvalue weighted by Gasteiger charge is 2.36. The van der Waals surface area contributed by atoms with Gasteiger partial charge in [-0.1, -0.05) is 44.9 Å². The van der Waals surface area contributed by atoms with Gasteiger partial charge in [0.15, 0.2) is 0 Å². The maximum Gasteiger partial charge on any atom is 0.449 e. The third-order valence-corrected chi connectivity index (χ3v) is 3.61. The first-order valence-electron chi connectivity index (χ1n) is 8.73. The number of ether oxygens (including phenoxy) is 3. The molecule has 144 valence electrons. The van der Waals surface area contributed by atoms with Crippen LogP contribution in [0.1, 0.15) is 64.2 Å². The maximum atomic E-state index is 12.0. The van der Waals surface area contributed by atoms with Crippen molar-refractivity contribution < 1.29 is 32.2 Å². The summed E-state index contributed by atoms with van der Waals surface area (Å²) in [6, 6.07) is 0. The fourth-order valence-electron chi connectivity index (χ4n) is 2.19. The highest BCUT2D eigenvalue weighted by Crippen LogP contribution is 2.20. The fraction of sp³-hybridized carbons (Fsp3) is 0.941. The summed E-state index contributed by atoms with van der Waals surface area (Å²) in [5.41, 5.74) is 0. The number of rotatable bonds is 17. The van der Waals surface area contributed by atoms with Crippen LogP contribution in [0.15, 0.2) is 0 Å². The van der Waals surface area contributed by atoms with Crippen LogP contribution in [0.3, 0.4) is 0 Å². The van der Waals surface area contributed by atoms with Gasteiger partial charge in [-0.15, -0.1) is 0 Å². The second-order valence-corrected chi connectivity index (χ2v) is 5.78. The first-order valence-corrected chi connectivity index (χ1v) is 8.73. The van der Waals surface area contributed by atoms with Crippen molar-refractivity contribution in [1.82, 2.24) is 0 Å². The number of hydrogen-bond donors (Lipinski definition) is 0. The van der Waals surface area contributed by atoms with Crippen molar-refractivity contribution in [3.8, 4) is 0 Å². The molecule has 0 aliphatic carbocycles. The largest absolute Gasteiger partial charge is 0.449 e. The van der Waals surface area contributed by atoms with Gasteiger partial charge in [-0.3, -0.25) is 4.79 Å². The number of Topliss-reactive ketones (excluding diaryl/α,β-unsaturated/α-hetero) is 1. The number of carbonyl (C=O) groups is 1. The molecule has 7 heteroatoms. The average Bonchev–Trinajstić information content (AvgIpc) is 2.53. The lowest BCUT2D eigenvalue weighted by molar-refractivity contribution is -0.171. The van der Waals surface area contributed by atoms with Crippen LogP contribution in [0.25, 0.3) is 0 Å². The number of alkyl halides is 3. The zero-order chi connectivity index (χ0) is 18.1. The molecular formula is C17H31F3O4. The monoisotopic (exact) mass is 356 g/mol. The van der Waals surface area contributed by atoms with Gasteiger partial charge in [0.2, 0.25) is 5.78 Å². The molecule has 4 nitrogen and oxygen atoms in total. The molecule has 0 atom stereocenters. The summed E-state index contributed by atoms with van der Waals surface area (Å²) in [4.78, 5) is 10.7. The second-order valence-electron chi connectivity index (χ2n) is 5.78. The van der Waals surface area contributed by atoms with E-state index in [-0.39, 0.29) is 6.42 Å². The highest BCUT2D eigenvalue weighted by molar-refractivity contribution is 5.83. The molecule has 0 fully saturated rings. The number of halogens is 3. The molecule has 0 unspecified atom stereocenters. The van der Waals surface area contributed by atoms with Crippen molar-refractivity contribution in [3.05, 3.63) is 0 Å². The van der Waals surface area contributed by atoms with E-state index in [1.165, 1.54) is 0 Å². The van der Waals surface area contributed by atoms with E-state index in [2.05, 4.69) is 0 Å². The van der Waals surface area contributed by atoms with Gasteiger partial charge in [0, 0.05) is 20.1 Å². The zero-order valence-corrected chi connectivity index (χ0v) is 14.7. The Kier molecular flexibility index (Phi) is 15.4. The summed E-state index contributed by atoms with van der Waals surface area (Å²) in [6.45, 7) is 2.11. The Morgan fingerprint density at radius 1 is 0.750 bits per heavy atom. The van der Waals surface area contributed by atoms with E-state index in [1.807, 2.05) is 0 Å². The van der Waals surface area contributed by atoms with Crippen LogP contribution in [-0.4, -0.2) is 45.7 Å². The highest BCUT2D eigenvalue weighted by atomic mass is 19.4. The molecule has 0 N–H and O–H groups in total. The molecule has 0 saturated carbocycles. The van der Waals surface area contributed by atoms with Gasteiger partial charge in [-0.2, -0.15) is 13.2 Å². The van der Waals surface area contributed by atoms with Crippen LogP contribution in [0.4, 0.5) is 13.2 Å². The van der Waals surface area contributed by atoms with Gasteiger partial charge in [0.1, 0.15) is 6.79 Å². The van der Waals surface area contributed by atoms with Crippen LogP contribution in [0, 0.1) is 0 Å². The minimum atomic E-state index is -4.67. The SMILES string of the molecule is COCCOCOCCCCCCCCCCCC(=O)C(F)(F)F. The van der Waals surface area contributed by atoms with Gasteiger partial charge < -0.3 is 14.2 Å². The van der Waals surface area contributed by atoms with Crippen LogP contribution in [-0.2, 0) is 19.0 Å². The van der Waals surface area contributed by atoms with E-state index in [0.29, 0.717) is 39.5 Å². The molecule has 0 saturated heterocycles. The van der Waals surface area contributed by atoms with Crippen molar-refractivity contribution in [2.24, 2.45) is 0 Å². The predicted molar refractivity (Wildman–Crippen MR) is 85.9 cm³/mol. The third-order valence-electron chi connectivity index (χ3n) is 3.61. The molecule has 0 aromatic heterocycles. The Bertz CT molecular complexity index is 296. The lowest BCUT2D eigenvalue weighted by atomic mass is 10.1. The molecule has 24 heavy (non-hydrogen) atoms. The average molecular weight is 356 g/mol. The quantitative estimate of drug-likeness (QED) is 0.281. The van der Waals surface area contributed by atoms with Crippen LogP contribution in [0.5, 0.6) is 0 Å².